The highest BCUT2D eigenvalue weighted by Gasteiger charge is 2.19. The van der Waals surface area contributed by atoms with E-state index in [4.69, 9.17) is 9.47 Å². The number of nitrogens with zero attached hydrogens (tertiary/aromatic N) is 2. The molecular weight excluding hydrogens is 380 g/mol. The predicted octanol–water partition coefficient (Wildman–Crippen LogP) is 3.63. The Morgan fingerprint density at radius 2 is 2.00 bits per heavy atom. The number of Topliss-reactive ketones (excluding diaryl/α,β-unsaturated/α-hetero) is 1. The van der Waals surface area contributed by atoms with Crippen LogP contribution in [0.25, 0.3) is 0 Å². The summed E-state index contributed by atoms with van der Waals surface area (Å²) in [6, 6.07) is 6.11. The van der Waals surface area contributed by atoms with Gasteiger partial charge in [0, 0.05) is 10.9 Å². The molecule has 0 aliphatic carbocycles. The molecule has 0 amide bonds. The van der Waals surface area contributed by atoms with E-state index in [9.17, 15) is 18.4 Å². The number of rotatable bonds is 9. The molecule has 1 aromatic carbocycles. The molecule has 0 saturated carbocycles. The number of carbonyl (C=O) groups is 2. The fraction of sp³-hybridized carbons (Fsp3) is 0.294. The highest BCUT2D eigenvalue weighted by Crippen LogP contribution is 2.18. The third kappa shape index (κ3) is 5.81. The lowest BCUT2D eigenvalue weighted by atomic mass is 10.1. The lowest BCUT2D eigenvalue weighted by Crippen LogP contribution is -2.17. The van der Waals surface area contributed by atoms with Gasteiger partial charge >= 0.3 is 5.97 Å². The molecule has 7 nitrogen and oxygen atoms in total. The minimum Gasteiger partial charge on any atom is -0.497 e. The minimum atomic E-state index is -2.93. The Labute approximate surface area is 158 Å². The molecule has 10 heteroatoms. The van der Waals surface area contributed by atoms with Crippen LogP contribution in [0.4, 0.5) is 13.9 Å². The van der Waals surface area contributed by atoms with Crippen molar-refractivity contribution in [3.8, 4) is 5.75 Å². The molecule has 1 N–H and O–H groups in total. The van der Waals surface area contributed by atoms with Crippen LogP contribution in [0.1, 0.15) is 34.2 Å². The summed E-state index contributed by atoms with van der Waals surface area (Å²) in [7, 11) is 1.48. The second kappa shape index (κ2) is 9.72. The van der Waals surface area contributed by atoms with Crippen LogP contribution < -0.4 is 10.2 Å². The largest absolute Gasteiger partial charge is 0.497 e. The number of thiazole rings is 1. The number of ether oxygens (including phenoxy) is 2. The lowest BCUT2D eigenvalue weighted by Gasteiger charge is -2.06. The fourth-order valence-corrected chi connectivity index (χ4v) is 2.57. The van der Waals surface area contributed by atoms with Crippen molar-refractivity contribution in [3.63, 3.8) is 0 Å². The SMILES string of the molecule is CCOC(=O)c1csc(N/N=C(\CC(=O)c2ccc(OC)cc2)C(F)F)n1. The monoisotopic (exact) mass is 397 g/mol. The second-order valence-corrected chi connectivity index (χ2v) is 5.96. The molecule has 0 spiro atoms. The number of anilines is 1. The van der Waals surface area contributed by atoms with Crippen molar-refractivity contribution in [2.75, 3.05) is 19.1 Å². The maximum absolute atomic E-state index is 13.2. The topological polar surface area (TPSA) is 89.9 Å². The number of carbonyl (C=O) groups excluding carboxylic acids is 2. The standard InChI is InChI=1S/C17H17F2N3O4S/c1-3-26-16(24)13-9-27-17(20-13)22-21-12(15(18)19)8-14(23)10-4-6-11(25-2)7-5-10/h4-7,9,15H,3,8H2,1-2H3,(H,20,22)/b21-12+. The number of alkyl halides is 2. The number of methoxy groups -OCH3 is 1. The van der Waals surface area contributed by atoms with Gasteiger partial charge in [-0.1, -0.05) is 0 Å². The van der Waals surface area contributed by atoms with Crippen molar-refractivity contribution in [3.05, 3.63) is 40.9 Å². The quantitative estimate of drug-likeness (QED) is 0.301. The number of halogens is 2. The molecule has 0 aliphatic heterocycles. The third-order valence-corrected chi connectivity index (χ3v) is 4.04. The van der Waals surface area contributed by atoms with Gasteiger partial charge in [0.15, 0.2) is 11.5 Å². The van der Waals surface area contributed by atoms with E-state index in [1.54, 1.807) is 19.1 Å². The molecule has 2 rings (SSSR count). The van der Waals surface area contributed by atoms with E-state index in [0.29, 0.717) is 5.75 Å². The van der Waals surface area contributed by atoms with Crippen molar-refractivity contribution in [1.82, 2.24) is 4.98 Å². The first kappa shape index (κ1) is 20.4. The van der Waals surface area contributed by atoms with Gasteiger partial charge in [-0.05, 0) is 31.2 Å². The van der Waals surface area contributed by atoms with E-state index in [-0.39, 0.29) is 23.0 Å². The molecule has 2 aromatic rings. The summed E-state index contributed by atoms with van der Waals surface area (Å²) in [6.07, 6.45) is -3.49. The lowest BCUT2D eigenvalue weighted by molar-refractivity contribution is 0.0520. The smallest absolute Gasteiger partial charge is 0.357 e. The van der Waals surface area contributed by atoms with Crippen LogP contribution in [-0.2, 0) is 4.74 Å². The zero-order valence-corrected chi connectivity index (χ0v) is 15.4. The summed E-state index contributed by atoms with van der Waals surface area (Å²) in [4.78, 5) is 27.6. The minimum absolute atomic E-state index is 0.0486. The number of ketones is 1. The van der Waals surface area contributed by atoms with Gasteiger partial charge < -0.3 is 9.47 Å². The highest BCUT2D eigenvalue weighted by atomic mass is 32.1. The number of hydrogen-bond acceptors (Lipinski definition) is 8. The number of benzene rings is 1. The van der Waals surface area contributed by atoms with Crippen molar-refractivity contribution in [1.29, 1.82) is 0 Å². The molecule has 0 saturated heterocycles. The first-order chi connectivity index (χ1) is 12.9. The molecule has 0 aliphatic rings. The zero-order chi connectivity index (χ0) is 19.8. The highest BCUT2D eigenvalue weighted by molar-refractivity contribution is 7.13. The van der Waals surface area contributed by atoms with E-state index in [1.165, 1.54) is 24.6 Å². The Hall–Kier alpha value is -2.88. The van der Waals surface area contributed by atoms with E-state index in [0.717, 1.165) is 11.3 Å². The molecule has 1 heterocycles. The number of hydrazone groups is 1. The van der Waals surface area contributed by atoms with Crippen molar-refractivity contribution >= 4 is 33.9 Å². The zero-order valence-electron chi connectivity index (χ0n) is 14.6. The number of hydrogen-bond donors (Lipinski definition) is 1. The molecular formula is C17H17F2N3O4S. The third-order valence-electron chi connectivity index (χ3n) is 3.29. The Balaban J connectivity index is 2.05. The van der Waals surface area contributed by atoms with E-state index >= 15 is 0 Å². The van der Waals surface area contributed by atoms with E-state index in [1.807, 2.05) is 0 Å². The summed E-state index contributed by atoms with van der Waals surface area (Å²) < 4.78 is 36.2. The maximum atomic E-state index is 13.2. The molecule has 0 radical (unpaired) electrons. The van der Waals surface area contributed by atoms with Crippen LogP contribution in [0.15, 0.2) is 34.7 Å². The molecule has 1 aromatic heterocycles. The Bertz CT molecular complexity index is 822. The Morgan fingerprint density at radius 3 is 2.59 bits per heavy atom. The first-order valence-corrected chi connectivity index (χ1v) is 8.73. The average Bonchev–Trinajstić information content (AvgIpc) is 3.14. The molecule has 0 unspecified atom stereocenters. The van der Waals surface area contributed by atoms with Crippen molar-refractivity contribution in [2.45, 2.75) is 19.8 Å². The predicted molar refractivity (Wildman–Crippen MR) is 97.1 cm³/mol. The first-order valence-electron chi connectivity index (χ1n) is 7.85. The normalized spacial score (nSPS) is 11.4. The van der Waals surface area contributed by atoms with Gasteiger partial charge in [0.2, 0.25) is 5.13 Å². The van der Waals surface area contributed by atoms with Crippen molar-refractivity contribution < 1.29 is 27.8 Å². The summed E-state index contributed by atoms with van der Waals surface area (Å²) >= 11 is 1.00. The molecule has 0 bridgehead atoms. The molecule has 0 fully saturated rings. The second-order valence-electron chi connectivity index (χ2n) is 5.10. The maximum Gasteiger partial charge on any atom is 0.357 e. The molecule has 0 atom stereocenters. The number of aromatic nitrogens is 1. The summed E-state index contributed by atoms with van der Waals surface area (Å²) in [6.45, 7) is 1.85. The van der Waals surface area contributed by atoms with E-state index in [2.05, 4.69) is 15.5 Å². The summed E-state index contributed by atoms with van der Waals surface area (Å²) in [5, 5.41) is 5.13. The van der Waals surface area contributed by atoms with Crippen molar-refractivity contribution in [2.24, 2.45) is 5.10 Å². The molecule has 27 heavy (non-hydrogen) atoms. The van der Waals surface area contributed by atoms with Gasteiger partial charge in [-0.3, -0.25) is 10.2 Å². The summed E-state index contributed by atoms with van der Waals surface area (Å²) in [5.74, 6) is -0.573. The summed E-state index contributed by atoms with van der Waals surface area (Å²) in [5.41, 5.74) is 2.03. The van der Waals surface area contributed by atoms with E-state index < -0.39 is 30.3 Å². The van der Waals surface area contributed by atoms with Gasteiger partial charge in [0.25, 0.3) is 6.43 Å². The number of nitrogens with one attached hydrogen (secondary N) is 1. The number of esters is 1. The average molecular weight is 397 g/mol. The van der Waals surface area contributed by atoms with Crippen LogP contribution >= 0.6 is 11.3 Å². The molecule has 144 valence electrons. The van der Waals surface area contributed by atoms with Gasteiger partial charge in [0.1, 0.15) is 11.5 Å². The van der Waals surface area contributed by atoms with Crippen LogP contribution in [-0.4, -0.2) is 42.6 Å². The van der Waals surface area contributed by atoms with Gasteiger partial charge in [-0.2, -0.15) is 5.10 Å². The van der Waals surface area contributed by atoms with Gasteiger partial charge in [-0.25, -0.2) is 18.6 Å². The van der Waals surface area contributed by atoms with Crippen LogP contribution in [0.2, 0.25) is 0 Å². The Morgan fingerprint density at radius 1 is 1.30 bits per heavy atom. The van der Waals surface area contributed by atoms with Crippen LogP contribution in [0.3, 0.4) is 0 Å². The van der Waals surface area contributed by atoms with Gasteiger partial charge in [-0.15, -0.1) is 11.3 Å². The van der Waals surface area contributed by atoms with Crippen LogP contribution in [0.5, 0.6) is 5.75 Å². The Kier molecular flexibility index (Phi) is 7.35. The van der Waals surface area contributed by atoms with Crippen LogP contribution in [0, 0.1) is 0 Å². The fourth-order valence-electron chi connectivity index (χ4n) is 1.95. The van der Waals surface area contributed by atoms with Gasteiger partial charge in [0.05, 0.1) is 20.1 Å².